The Balaban J connectivity index is 0.00000392. The minimum atomic E-state index is -0.287. The molecule has 28 heavy (non-hydrogen) atoms. The average Bonchev–Trinajstić information content (AvgIpc) is 2.88. The van der Waals surface area contributed by atoms with Crippen molar-refractivity contribution in [3.05, 3.63) is 53.4 Å². The first-order valence-electron chi connectivity index (χ1n) is 9.54. The zero-order chi connectivity index (χ0) is 19.8. The quantitative estimate of drug-likeness (QED) is 0.141. The summed E-state index contributed by atoms with van der Waals surface area (Å²) in [5.41, 5.74) is 2.09. The van der Waals surface area contributed by atoms with E-state index in [9.17, 15) is 4.79 Å². The normalized spacial score (nSPS) is 24.3. The van der Waals surface area contributed by atoms with E-state index in [4.69, 9.17) is 27.9 Å². The molecule has 0 aliphatic heterocycles. The summed E-state index contributed by atoms with van der Waals surface area (Å²) < 4.78 is 5.09. The molecule has 6 heteroatoms. The summed E-state index contributed by atoms with van der Waals surface area (Å²) in [6.45, 7) is 5.54. The number of carbonyl (C=O) groups is 1. The van der Waals surface area contributed by atoms with Crippen LogP contribution in [0.5, 0.6) is 0 Å². The van der Waals surface area contributed by atoms with Gasteiger partial charge in [-0.05, 0) is 60.8 Å². The molecule has 2 nitrogen and oxygen atoms in total. The topological polar surface area (TPSA) is 26.3 Å². The standard InChI is InChI=1S/C22H28BrCl2O2.Y/c1-3-4-5-6-7-18-13-21(23)22(25)20(18)9-8-16-10-17(12-19(24)11-16)14-27-15(2)26;/h5-6,10-12,18,20-22H,1,3-4,7-9,13-14H2,2H3;/q-1;/b6-5-;/t18-,20+,21?,22?;/m0./s1. The second-order valence-corrected chi connectivity index (χ2v) is 9.37. The van der Waals surface area contributed by atoms with Crippen molar-refractivity contribution in [2.45, 2.75) is 62.3 Å². The molecule has 1 aromatic carbocycles. The van der Waals surface area contributed by atoms with Gasteiger partial charge in [0.1, 0.15) is 6.61 Å². The summed E-state index contributed by atoms with van der Waals surface area (Å²) in [5.74, 6) is 0.777. The number of hydrogen-bond donors (Lipinski definition) is 0. The Morgan fingerprint density at radius 1 is 1.32 bits per heavy atom. The molecule has 1 radical (unpaired) electrons. The molecule has 0 bridgehead atoms. The SMILES string of the molecule is [CH2-]CC/C=C\C[C@H]1CC(Br)C(Cl)[C@@H]1CCc1cc(Cl)cc(COC(C)=O)c1.[Y]. The average molecular weight is 564 g/mol. The fourth-order valence-electron chi connectivity index (χ4n) is 3.76. The van der Waals surface area contributed by atoms with Crippen LogP contribution in [0.2, 0.25) is 5.02 Å². The van der Waals surface area contributed by atoms with E-state index < -0.39 is 0 Å². The molecule has 0 heterocycles. The van der Waals surface area contributed by atoms with Gasteiger partial charge in [0.25, 0.3) is 0 Å². The summed E-state index contributed by atoms with van der Waals surface area (Å²) in [5, 5.41) is 0.825. The summed E-state index contributed by atoms with van der Waals surface area (Å²) in [6, 6.07) is 5.91. The maximum absolute atomic E-state index is 11.0. The third-order valence-corrected chi connectivity index (χ3v) is 7.18. The zero-order valence-corrected chi connectivity index (χ0v) is 22.3. The molecule has 0 aromatic heterocycles. The maximum Gasteiger partial charge on any atom is 0.302 e. The molecule has 1 aliphatic rings. The fourth-order valence-corrected chi connectivity index (χ4v) is 5.35. The number of unbranched alkanes of at least 4 members (excludes halogenated alkanes) is 1. The maximum atomic E-state index is 11.0. The van der Waals surface area contributed by atoms with Gasteiger partial charge in [-0.1, -0.05) is 52.2 Å². The third-order valence-electron chi connectivity index (χ3n) is 5.09. The third kappa shape index (κ3) is 8.76. The van der Waals surface area contributed by atoms with Crippen molar-refractivity contribution in [1.82, 2.24) is 0 Å². The Kier molecular flexibility index (Phi) is 13.1. The number of ether oxygens (including phenoxy) is 1. The molecule has 1 saturated carbocycles. The van der Waals surface area contributed by atoms with Crippen LogP contribution in [-0.4, -0.2) is 16.2 Å². The van der Waals surface area contributed by atoms with Crippen LogP contribution in [0.25, 0.3) is 0 Å². The van der Waals surface area contributed by atoms with E-state index in [1.165, 1.54) is 6.92 Å². The second-order valence-electron chi connectivity index (χ2n) is 7.26. The molecular weight excluding hydrogens is 536 g/mol. The van der Waals surface area contributed by atoms with Crippen LogP contribution in [0, 0.1) is 18.8 Å². The number of benzene rings is 1. The van der Waals surface area contributed by atoms with Gasteiger partial charge in [-0.2, -0.15) is 6.42 Å². The van der Waals surface area contributed by atoms with Gasteiger partial charge in [0.15, 0.2) is 0 Å². The van der Waals surface area contributed by atoms with Gasteiger partial charge in [0.05, 0.1) is 0 Å². The Morgan fingerprint density at radius 2 is 2.04 bits per heavy atom. The van der Waals surface area contributed by atoms with Crippen molar-refractivity contribution < 1.29 is 42.2 Å². The van der Waals surface area contributed by atoms with Crippen LogP contribution >= 0.6 is 39.1 Å². The van der Waals surface area contributed by atoms with Gasteiger partial charge < -0.3 is 11.7 Å². The van der Waals surface area contributed by atoms with Crippen molar-refractivity contribution in [1.29, 1.82) is 0 Å². The zero-order valence-electron chi connectivity index (χ0n) is 16.4. The largest absolute Gasteiger partial charge is 0.461 e. The van der Waals surface area contributed by atoms with Crippen LogP contribution in [-0.2, 0) is 55.3 Å². The first-order valence-corrected chi connectivity index (χ1v) is 11.3. The number of aryl methyl sites for hydroxylation is 1. The van der Waals surface area contributed by atoms with E-state index >= 15 is 0 Å². The monoisotopic (exact) mass is 562 g/mol. The summed E-state index contributed by atoms with van der Waals surface area (Å²) in [6.07, 6.45) is 10.6. The predicted molar refractivity (Wildman–Crippen MR) is 118 cm³/mol. The van der Waals surface area contributed by atoms with Crippen molar-refractivity contribution in [3.8, 4) is 0 Å². The molecule has 153 valence electrons. The van der Waals surface area contributed by atoms with Crippen molar-refractivity contribution >= 4 is 45.1 Å². The second kappa shape index (κ2) is 13.8. The smallest absolute Gasteiger partial charge is 0.302 e. The van der Waals surface area contributed by atoms with Crippen LogP contribution < -0.4 is 0 Å². The Bertz CT molecular complexity index is 653. The van der Waals surface area contributed by atoms with Crippen molar-refractivity contribution in [2.75, 3.05) is 0 Å². The molecule has 1 aromatic rings. The first kappa shape index (κ1) is 26.6. The van der Waals surface area contributed by atoms with E-state index in [2.05, 4.69) is 41.1 Å². The molecule has 2 rings (SSSR count). The molecule has 0 spiro atoms. The number of halogens is 3. The van der Waals surface area contributed by atoms with Gasteiger partial charge in [0, 0.05) is 54.9 Å². The Labute approximate surface area is 213 Å². The molecule has 0 N–H and O–H groups in total. The van der Waals surface area contributed by atoms with Gasteiger partial charge in [-0.25, -0.2) is 0 Å². The molecule has 2 unspecified atom stereocenters. The molecule has 1 aliphatic carbocycles. The minimum Gasteiger partial charge on any atom is -0.461 e. The number of esters is 1. The van der Waals surface area contributed by atoms with Crippen molar-refractivity contribution in [3.63, 3.8) is 0 Å². The summed E-state index contributed by atoms with van der Waals surface area (Å²) in [4.78, 5) is 11.4. The van der Waals surface area contributed by atoms with Crippen LogP contribution in [0.4, 0.5) is 0 Å². The molecule has 4 atom stereocenters. The Morgan fingerprint density at radius 3 is 2.71 bits per heavy atom. The fraction of sp³-hybridized carbons (Fsp3) is 0.545. The first-order chi connectivity index (χ1) is 12.9. The van der Waals surface area contributed by atoms with Gasteiger partial charge in [0.2, 0.25) is 0 Å². The number of rotatable bonds is 9. The van der Waals surface area contributed by atoms with Crippen LogP contribution in [0.15, 0.2) is 30.4 Å². The summed E-state index contributed by atoms with van der Waals surface area (Å²) >= 11 is 16.7. The van der Waals surface area contributed by atoms with Gasteiger partial charge in [-0.3, -0.25) is 4.79 Å². The van der Waals surface area contributed by atoms with Crippen LogP contribution in [0.3, 0.4) is 0 Å². The summed E-state index contributed by atoms with van der Waals surface area (Å²) in [7, 11) is 0. The number of alkyl halides is 2. The number of carbonyl (C=O) groups excluding carboxylic acids is 1. The molecule has 0 saturated heterocycles. The van der Waals surface area contributed by atoms with Gasteiger partial charge in [-0.15, -0.1) is 11.6 Å². The van der Waals surface area contributed by atoms with E-state index in [0.717, 1.165) is 49.7 Å². The van der Waals surface area contributed by atoms with Crippen molar-refractivity contribution in [2.24, 2.45) is 11.8 Å². The van der Waals surface area contributed by atoms with Gasteiger partial charge >= 0.3 is 5.97 Å². The van der Waals surface area contributed by atoms with E-state index in [1.54, 1.807) is 0 Å². The molecule has 1 fully saturated rings. The number of hydrogen-bond acceptors (Lipinski definition) is 2. The Hall–Kier alpha value is 0.594. The molecule has 0 amide bonds. The van der Waals surface area contributed by atoms with Crippen LogP contribution in [0.1, 0.15) is 50.2 Å². The van der Waals surface area contributed by atoms with E-state index in [-0.39, 0.29) is 50.7 Å². The van der Waals surface area contributed by atoms with E-state index in [1.807, 2.05) is 12.1 Å². The molecular formula is C22H28BrCl2O2Y-. The predicted octanol–water partition coefficient (Wildman–Crippen LogP) is 6.90. The minimum absolute atomic E-state index is 0. The van der Waals surface area contributed by atoms with E-state index in [0.29, 0.717) is 21.7 Å². The number of allylic oxidation sites excluding steroid dienone is 2.